The Morgan fingerprint density at radius 2 is 0.960 bits per heavy atom. The molecule has 1 aliphatic heterocycles. The first-order chi connectivity index (χ1) is 12.2. The van der Waals surface area contributed by atoms with Crippen molar-refractivity contribution in [3.05, 3.63) is 87.8 Å². The molecule has 126 valence electrons. The van der Waals surface area contributed by atoms with Crippen LogP contribution in [-0.2, 0) is 0 Å². The summed E-state index contributed by atoms with van der Waals surface area (Å²) >= 11 is 7.05. The summed E-state index contributed by atoms with van der Waals surface area (Å²) in [5.74, 6) is 0. The van der Waals surface area contributed by atoms with Gasteiger partial charge in [0.1, 0.15) is 13.3 Å². The van der Waals surface area contributed by atoms with Crippen molar-refractivity contribution < 1.29 is 0 Å². The minimum absolute atomic E-state index is 0.807. The fourth-order valence-electron chi connectivity index (χ4n) is 2.99. The summed E-state index contributed by atoms with van der Waals surface area (Å²) in [7, 11) is 0. The summed E-state index contributed by atoms with van der Waals surface area (Å²) in [6, 6.07) is 27.4. The highest BCUT2D eigenvalue weighted by atomic mass is 79.9. The van der Waals surface area contributed by atoms with Crippen LogP contribution in [0.25, 0.3) is 0 Å². The summed E-state index contributed by atoms with van der Waals surface area (Å²) < 4.78 is 2.18. The number of anilines is 3. The van der Waals surface area contributed by atoms with E-state index in [0.29, 0.717) is 0 Å². The Morgan fingerprint density at radius 1 is 0.520 bits per heavy atom. The molecule has 0 aromatic heterocycles. The van der Waals surface area contributed by atoms with Crippen LogP contribution >= 0.6 is 31.9 Å². The van der Waals surface area contributed by atoms with Crippen LogP contribution in [0.1, 0.15) is 0 Å². The first kappa shape index (κ1) is 16.5. The van der Waals surface area contributed by atoms with Crippen molar-refractivity contribution in [3.63, 3.8) is 0 Å². The number of rotatable bonds is 3. The van der Waals surface area contributed by atoms with Gasteiger partial charge in [-0.2, -0.15) is 0 Å². The van der Waals surface area contributed by atoms with Crippen LogP contribution in [-0.4, -0.2) is 13.3 Å². The molecular formula is C20H17Br2N3. The molecular weight excluding hydrogens is 442 g/mol. The molecule has 1 fully saturated rings. The molecule has 0 atom stereocenters. The molecule has 0 unspecified atom stereocenters. The van der Waals surface area contributed by atoms with E-state index in [9.17, 15) is 0 Å². The zero-order chi connectivity index (χ0) is 17.2. The Labute approximate surface area is 164 Å². The monoisotopic (exact) mass is 457 g/mol. The molecule has 0 aliphatic carbocycles. The van der Waals surface area contributed by atoms with Gasteiger partial charge in [0.15, 0.2) is 0 Å². The van der Waals surface area contributed by atoms with Gasteiger partial charge in [-0.05, 0) is 60.7 Å². The maximum atomic E-state index is 3.52. The van der Waals surface area contributed by atoms with Gasteiger partial charge in [0.05, 0.1) is 11.4 Å². The normalized spacial score (nSPS) is 14.2. The van der Waals surface area contributed by atoms with Gasteiger partial charge in [0.2, 0.25) is 0 Å². The van der Waals surface area contributed by atoms with Crippen molar-refractivity contribution >= 4 is 48.9 Å². The third-order valence-electron chi connectivity index (χ3n) is 4.27. The third kappa shape index (κ3) is 3.53. The van der Waals surface area contributed by atoms with Crippen molar-refractivity contribution in [2.24, 2.45) is 0 Å². The Morgan fingerprint density at radius 3 is 1.40 bits per heavy atom. The zero-order valence-corrected chi connectivity index (χ0v) is 16.7. The van der Waals surface area contributed by atoms with Gasteiger partial charge in [-0.15, -0.1) is 0 Å². The maximum absolute atomic E-state index is 3.52. The standard InChI is InChI=1S/C20H17Br2N3/c21-16-6-10-19(11-7-16)24-14-23(18-4-2-1-3-5-18)15-25(24)20-12-8-17(22)9-13-20/h1-13H,14-15H2. The largest absolute Gasteiger partial charge is 0.332 e. The molecule has 4 rings (SSSR count). The Hall–Kier alpha value is -1.98. The number of hydrogen-bond acceptors (Lipinski definition) is 3. The van der Waals surface area contributed by atoms with Crippen LogP contribution in [0.5, 0.6) is 0 Å². The number of hydrogen-bond donors (Lipinski definition) is 0. The molecule has 0 N–H and O–H groups in total. The summed E-state index contributed by atoms with van der Waals surface area (Å²) in [6.45, 7) is 1.61. The molecule has 5 heteroatoms. The fourth-order valence-corrected chi connectivity index (χ4v) is 3.52. The number of benzene rings is 3. The van der Waals surface area contributed by atoms with Crippen molar-refractivity contribution in [2.75, 3.05) is 28.3 Å². The minimum atomic E-state index is 0.807. The minimum Gasteiger partial charge on any atom is -0.332 e. The maximum Gasteiger partial charge on any atom is 0.112 e. The van der Waals surface area contributed by atoms with Crippen molar-refractivity contribution in [2.45, 2.75) is 0 Å². The summed E-state index contributed by atoms with van der Waals surface area (Å²) in [5, 5.41) is 4.62. The number of hydrazine groups is 1. The quantitative estimate of drug-likeness (QED) is 0.485. The van der Waals surface area contributed by atoms with Crippen LogP contribution in [0, 0.1) is 0 Å². The van der Waals surface area contributed by atoms with Gasteiger partial charge >= 0.3 is 0 Å². The van der Waals surface area contributed by atoms with Gasteiger partial charge < -0.3 is 4.90 Å². The van der Waals surface area contributed by atoms with Crippen LogP contribution in [0.4, 0.5) is 17.1 Å². The lowest BCUT2D eigenvalue weighted by Gasteiger charge is -2.29. The second kappa shape index (κ2) is 7.10. The zero-order valence-electron chi connectivity index (χ0n) is 13.5. The Bertz CT molecular complexity index is 782. The fraction of sp³-hybridized carbons (Fsp3) is 0.100. The lowest BCUT2D eigenvalue weighted by atomic mass is 10.3. The highest BCUT2D eigenvalue weighted by molar-refractivity contribution is 9.10. The molecule has 1 saturated heterocycles. The van der Waals surface area contributed by atoms with Crippen LogP contribution in [0.2, 0.25) is 0 Å². The molecule has 1 heterocycles. The molecule has 0 amide bonds. The average molecular weight is 459 g/mol. The van der Waals surface area contributed by atoms with E-state index in [-0.39, 0.29) is 0 Å². The summed E-state index contributed by atoms with van der Waals surface area (Å²) in [5.41, 5.74) is 3.57. The topological polar surface area (TPSA) is 9.72 Å². The smallest absolute Gasteiger partial charge is 0.112 e. The van der Waals surface area contributed by atoms with E-state index in [1.54, 1.807) is 0 Å². The molecule has 0 spiro atoms. The number of halogens is 2. The number of nitrogens with zero attached hydrogens (tertiary/aromatic N) is 3. The first-order valence-corrected chi connectivity index (χ1v) is 9.65. The van der Waals surface area contributed by atoms with Gasteiger partial charge in [-0.25, -0.2) is 0 Å². The van der Waals surface area contributed by atoms with E-state index >= 15 is 0 Å². The molecule has 0 radical (unpaired) electrons. The van der Waals surface area contributed by atoms with E-state index in [2.05, 4.69) is 126 Å². The molecule has 3 aromatic rings. The average Bonchev–Trinajstić information content (AvgIpc) is 3.09. The van der Waals surface area contributed by atoms with Crippen LogP contribution in [0.15, 0.2) is 87.8 Å². The Kier molecular flexibility index (Phi) is 4.68. The lowest BCUT2D eigenvalue weighted by Crippen LogP contribution is -2.36. The predicted molar refractivity (Wildman–Crippen MR) is 112 cm³/mol. The van der Waals surface area contributed by atoms with Crippen LogP contribution in [0.3, 0.4) is 0 Å². The summed E-state index contributed by atoms with van der Waals surface area (Å²) in [4.78, 5) is 2.37. The molecule has 0 saturated carbocycles. The highest BCUT2D eigenvalue weighted by Gasteiger charge is 2.29. The van der Waals surface area contributed by atoms with E-state index in [1.165, 1.54) is 17.1 Å². The van der Waals surface area contributed by atoms with Gasteiger partial charge in [-0.1, -0.05) is 50.1 Å². The Balaban J connectivity index is 1.70. The van der Waals surface area contributed by atoms with Crippen LogP contribution < -0.4 is 14.9 Å². The molecule has 25 heavy (non-hydrogen) atoms. The van der Waals surface area contributed by atoms with Crippen molar-refractivity contribution in [1.29, 1.82) is 0 Å². The molecule has 3 aromatic carbocycles. The van der Waals surface area contributed by atoms with Crippen molar-refractivity contribution in [1.82, 2.24) is 0 Å². The SMILES string of the molecule is Brc1ccc(N2CN(c3ccccc3)CN2c2ccc(Br)cc2)cc1. The highest BCUT2D eigenvalue weighted by Crippen LogP contribution is 2.31. The molecule has 3 nitrogen and oxygen atoms in total. The van der Waals surface area contributed by atoms with E-state index in [4.69, 9.17) is 0 Å². The number of para-hydroxylation sites is 1. The van der Waals surface area contributed by atoms with Gasteiger partial charge in [0.25, 0.3) is 0 Å². The van der Waals surface area contributed by atoms with Gasteiger partial charge in [0, 0.05) is 14.6 Å². The van der Waals surface area contributed by atoms with E-state index in [1.807, 2.05) is 0 Å². The predicted octanol–water partition coefficient (Wildman–Crippen LogP) is 5.87. The third-order valence-corrected chi connectivity index (χ3v) is 5.33. The summed E-state index contributed by atoms with van der Waals surface area (Å²) in [6.07, 6.45) is 0. The van der Waals surface area contributed by atoms with E-state index < -0.39 is 0 Å². The van der Waals surface area contributed by atoms with Crippen molar-refractivity contribution in [3.8, 4) is 0 Å². The van der Waals surface area contributed by atoms with Gasteiger partial charge in [-0.3, -0.25) is 10.0 Å². The molecule has 1 aliphatic rings. The first-order valence-electron chi connectivity index (χ1n) is 8.07. The van der Waals surface area contributed by atoms with E-state index in [0.717, 1.165) is 22.3 Å². The second-order valence-electron chi connectivity index (χ2n) is 5.91. The molecule has 0 bridgehead atoms. The second-order valence-corrected chi connectivity index (χ2v) is 7.74. The lowest BCUT2D eigenvalue weighted by molar-refractivity contribution is 0.890.